The quantitative estimate of drug-likeness (QED) is 0.651. The van der Waals surface area contributed by atoms with E-state index in [1.807, 2.05) is 19.9 Å². The van der Waals surface area contributed by atoms with Crippen molar-refractivity contribution in [2.24, 2.45) is 0 Å². The molecule has 0 unspecified atom stereocenters. The third kappa shape index (κ3) is 3.43. The molecule has 0 amide bonds. The Labute approximate surface area is 156 Å². The van der Waals surface area contributed by atoms with Gasteiger partial charge in [0.2, 0.25) is 5.95 Å². The molecule has 0 atom stereocenters. The van der Waals surface area contributed by atoms with Gasteiger partial charge < -0.3 is 25.0 Å². The average molecular weight is 367 g/mol. The van der Waals surface area contributed by atoms with Crippen LogP contribution < -0.4 is 10.2 Å². The molecule has 4 rings (SSSR count). The zero-order valence-corrected chi connectivity index (χ0v) is 15.2. The van der Waals surface area contributed by atoms with Crippen molar-refractivity contribution in [3.8, 4) is 0 Å². The maximum Gasteiger partial charge on any atom is 0.335 e. The number of rotatable bonds is 4. The summed E-state index contributed by atoms with van der Waals surface area (Å²) in [5, 5.41) is 13.5. The molecule has 8 nitrogen and oxygen atoms in total. The van der Waals surface area contributed by atoms with Crippen LogP contribution in [-0.2, 0) is 4.74 Å². The Morgan fingerprint density at radius 1 is 1.22 bits per heavy atom. The molecule has 0 saturated carbocycles. The lowest BCUT2D eigenvalue weighted by molar-refractivity contribution is 0.0697. The molecule has 0 spiro atoms. The molecule has 0 aliphatic carbocycles. The first-order valence-corrected chi connectivity index (χ1v) is 8.82. The standard InChI is InChI=1S/C19H21N5O3/c1-11-3-4-13(18(25)26)10-15(11)21-17-14-9-12(2)20-16(14)22-19(23-17)24-5-7-27-8-6-24/h3-4,9-10H,5-8H2,1-2H3,(H,25,26)(H2,20,21,22,23). The highest BCUT2D eigenvalue weighted by Gasteiger charge is 2.18. The van der Waals surface area contributed by atoms with Crippen LogP contribution >= 0.6 is 0 Å². The van der Waals surface area contributed by atoms with Crippen molar-refractivity contribution < 1.29 is 14.6 Å². The number of ether oxygens (including phenoxy) is 1. The lowest BCUT2D eigenvalue weighted by atomic mass is 10.1. The molecule has 1 aromatic carbocycles. The monoisotopic (exact) mass is 367 g/mol. The molecule has 2 aromatic heterocycles. The van der Waals surface area contributed by atoms with Gasteiger partial charge in [-0.25, -0.2) is 4.79 Å². The molecule has 1 aliphatic heterocycles. The third-order valence-electron chi connectivity index (χ3n) is 4.64. The highest BCUT2D eigenvalue weighted by atomic mass is 16.5. The smallest absolute Gasteiger partial charge is 0.335 e. The minimum Gasteiger partial charge on any atom is -0.478 e. The number of morpholine rings is 1. The molecule has 3 heterocycles. The third-order valence-corrected chi connectivity index (χ3v) is 4.64. The predicted octanol–water partition coefficient (Wildman–Crippen LogP) is 2.85. The van der Waals surface area contributed by atoms with Crippen LogP contribution in [0.3, 0.4) is 0 Å². The molecule has 8 heteroatoms. The van der Waals surface area contributed by atoms with E-state index in [1.165, 1.54) is 0 Å². The molecule has 1 saturated heterocycles. The summed E-state index contributed by atoms with van der Waals surface area (Å²) in [7, 11) is 0. The fourth-order valence-electron chi connectivity index (χ4n) is 3.15. The molecule has 27 heavy (non-hydrogen) atoms. The number of hydrogen-bond donors (Lipinski definition) is 3. The molecule has 140 valence electrons. The van der Waals surface area contributed by atoms with E-state index in [4.69, 9.17) is 9.72 Å². The van der Waals surface area contributed by atoms with Crippen LogP contribution in [0.5, 0.6) is 0 Å². The van der Waals surface area contributed by atoms with Gasteiger partial charge in [-0.05, 0) is 37.6 Å². The summed E-state index contributed by atoms with van der Waals surface area (Å²) in [6.45, 7) is 6.66. The number of carbonyl (C=O) groups is 1. The zero-order chi connectivity index (χ0) is 19.0. The minimum absolute atomic E-state index is 0.229. The summed E-state index contributed by atoms with van der Waals surface area (Å²) in [5.41, 5.74) is 3.61. The first-order chi connectivity index (χ1) is 13.0. The number of anilines is 3. The number of aromatic amines is 1. The Kier molecular flexibility index (Phi) is 4.41. The molecule has 1 fully saturated rings. The van der Waals surface area contributed by atoms with Crippen molar-refractivity contribution in [2.75, 3.05) is 36.5 Å². The topological polar surface area (TPSA) is 103 Å². The van der Waals surface area contributed by atoms with Gasteiger partial charge in [0.1, 0.15) is 11.5 Å². The normalized spacial score (nSPS) is 14.5. The van der Waals surface area contributed by atoms with E-state index >= 15 is 0 Å². The highest BCUT2D eigenvalue weighted by Crippen LogP contribution is 2.29. The van der Waals surface area contributed by atoms with Crippen LogP contribution in [0.15, 0.2) is 24.3 Å². The van der Waals surface area contributed by atoms with Crippen LogP contribution in [-0.4, -0.2) is 52.3 Å². The maximum absolute atomic E-state index is 11.3. The van der Waals surface area contributed by atoms with Crippen LogP contribution in [0, 0.1) is 13.8 Å². The SMILES string of the molecule is Cc1cc2c(Nc3cc(C(=O)O)ccc3C)nc(N3CCOCC3)nc2[nH]1. The van der Waals surface area contributed by atoms with E-state index in [0.29, 0.717) is 30.7 Å². The number of hydrogen-bond acceptors (Lipinski definition) is 6. The van der Waals surface area contributed by atoms with Gasteiger partial charge in [-0.2, -0.15) is 9.97 Å². The van der Waals surface area contributed by atoms with Gasteiger partial charge in [0, 0.05) is 24.5 Å². The summed E-state index contributed by atoms with van der Waals surface area (Å²) in [6.07, 6.45) is 0. The van der Waals surface area contributed by atoms with Crippen molar-refractivity contribution in [3.63, 3.8) is 0 Å². The van der Waals surface area contributed by atoms with E-state index in [1.54, 1.807) is 18.2 Å². The van der Waals surface area contributed by atoms with Gasteiger partial charge in [0.15, 0.2) is 0 Å². The Bertz CT molecular complexity index is 1010. The van der Waals surface area contributed by atoms with E-state index < -0.39 is 5.97 Å². The molecule has 0 bridgehead atoms. The van der Waals surface area contributed by atoms with E-state index in [0.717, 1.165) is 35.4 Å². The van der Waals surface area contributed by atoms with Gasteiger partial charge in [0.25, 0.3) is 0 Å². The number of H-pyrrole nitrogens is 1. The number of aromatic nitrogens is 3. The lowest BCUT2D eigenvalue weighted by Gasteiger charge is -2.27. The molecule has 3 N–H and O–H groups in total. The number of aryl methyl sites for hydroxylation is 2. The number of benzene rings is 1. The van der Waals surface area contributed by atoms with Crippen molar-refractivity contribution in [2.45, 2.75) is 13.8 Å². The minimum atomic E-state index is -0.961. The fraction of sp³-hybridized carbons (Fsp3) is 0.316. The van der Waals surface area contributed by atoms with Gasteiger partial charge >= 0.3 is 5.97 Å². The lowest BCUT2D eigenvalue weighted by Crippen LogP contribution is -2.37. The Morgan fingerprint density at radius 2 is 2.00 bits per heavy atom. The largest absolute Gasteiger partial charge is 0.478 e. The molecular formula is C19H21N5O3. The summed E-state index contributed by atoms with van der Waals surface area (Å²) in [5.74, 6) is 0.316. The van der Waals surface area contributed by atoms with Crippen LogP contribution in [0.2, 0.25) is 0 Å². The van der Waals surface area contributed by atoms with Gasteiger partial charge in [-0.1, -0.05) is 6.07 Å². The molecule has 3 aromatic rings. The predicted molar refractivity (Wildman–Crippen MR) is 103 cm³/mol. The summed E-state index contributed by atoms with van der Waals surface area (Å²) in [4.78, 5) is 26.1. The molecule has 1 aliphatic rings. The number of carboxylic acid groups (broad SMARTS) is 1. The van der Waals surface area contributed by atoms with Crippen LogP contribution in [0.4, 0.5) is 17.5 Å². The van der Waals surface area contributed by atoms with Crippen LogP contribution in [0.1, 0.15) is 21.6 Å². The van der Waals surface area contributed by atoms with Crippen LogP contribution in [0.25, 0.3) is 11.0 Å². The van der Waals surface area contributed by atoms with E-state index in [9.17, 15) is 9.90 Å². The number of aromatic carboxylic acids is 1. The Hall–Kier alpha value is -3.13. The second-order valence-corrected chi connectivity index (χ2v) is 6.65. The fourth-order valence-corrected chi connectivity index (χ4v) is 3.15. The number of fused-ring (bicyclic) bond motifs is 1. The maximum atomic E-state index is 11.3. The highest BCUT2D eigenvalue weighted by molar-refractivity contribution is 5.93. The number of carboxylic acids is 1. The second-order valence-electron chi connectivity index (χ2n) is 6.65. The zero-order valence-electron chi connectivity index (χ0n) is 15.2. The van der Waals surface area contributed by atoms with E-state index in [-0.39, 0.29) is 5.56 Å². The van der Waals surface area contributed by atoms with Crippen molar-refractivity contribution in [1.82, 2.24) is 15.0 Å². The van der Waals surface area contributed by atoms with Gasteiger partial charge in [-0.15, -0.1) is 0 Å². The Morgan fingerprint density at radius 3 is 2.74 bits per heavy atom. The number of nitrogens with one attached hydrogen (secondary N) is 2. The Balaban J connectivity index is 1.78. The van der Waals surface area contributed by atoms with Crippen molar-refractivity contribution >= 4 is 34.5 Å². The summed E-state index contributed by atoms with van der Waals surface area (Å²) < 4.78 is 5.41. The molecular weight excluding hydrogens is 346 g/mol. The van der Waals surface area contributed by atoms with E-state index in [2.05, 4.69) is 20.2 Å². The summed E-state index contributed by atoms with van der Waals surface area (Å²) in [6, 6.07) is 6.99. The van der Waals surface area contributed by atoms with Crippen molar-refractivity contribution in [1.29, 1.82) is 0 Å². The van der Waals surface area contributed by atoms with Gasteiger partial charge in [-0.3, -0.25) is 0 Å². The molecule has 0 radical (unpaired) electrons. The second kappa shape index (κ2) is 6.88. The first-order valence-electron chi connectivity index (χ1n) is 8.82. The summed E-state index contributed by atoms with van der Waals surface area (Å²) >= 11 is 0. The van der Waals surface area contributed by atoms with Crippen molar-refractivity contribution in [3.05, 3.63) is 41.1 Å². The average Bonchev–Trinajstić information content (AvgIpc) is 3.04. The number of nitrogens with zero attached hydrogens (tertiary/aromatic N) is 3. The first kappa shape index (κ1) is 17.3. The van der Waals surface area contributed by atoms with Gasteiger partial charge in [0.05, 0.1) is 24.2 Å².